The van der Waals surface area contributed by atoms with E-state index in [0.29, 0.717) is 29.9 Å². The third-order valence-corrected chi connectivity index (χ3v) is 4.15. The molecule has 1 heterocycles. The third-order valence-electron chi connectivity index (χ3n) is 4.15. The van der Waals surface area contributed by atoms with Crippen LogP contribution in [-0.2, 0) is 0 Å². The van der Waals surface area contributed by atoms with E-state index in [2.05, 4.69) is 32.5 Å². The van der Waals surface area contributed by atoms with Crippen molar-refractivity contribution in [1.82, 2.24) is 15.0 Å². The van der Waals surface area contributed by atoms with Gasteiger partial charge in [-0.3, -0.25) is 0 Å². The van der Waals surface area contributed by atoms with Gasteiger partial charge in [-0.2, -0.15) is 15.0 Å². The molecule has 0 aromatic carbocycles. The van der Waals surface area contributed by atoms with E-state index in [0.717, 1.165) is 6.54 Å². The fraction of sp³-hybridized carbons (Fsp3) is 0.786. The van der Waals surface area contributed by atoms with Gasteiger partial charge in [0, 0.05) is 13.6 Å². The van der Waals surface area contributed by atoms with Crippen LogP contribution < -0.4 is 15.4 Å². The maximum atomic E-state index is 5.37. The lowest BCUT2D eigenvalue weighted by Gasteiger charge is -2.27. The van der Waals surface area contributed by atoms with E-state index < -0.39 is 0 Å². The fourth-order valence-corrected chi connectivity index (χ4v) is 2.79. The lowest BCUT2D eigenvalue weighted by molar-refractivity contribution is 0.303. The smallest absolute Gasteiger partial charge is 0.323 e. The molecule has 6 heteroatoms. The van der Waals surface area contributed by atoms with E-state index in [-0.39, 0.29) is 0 Å². The van der Waals surface area contributed by atoms with Gasteiger partial charge in [-0.05, 0) is 31.6 Å². The van der Waals surface area contributed by atoms with Crippen molar-refractivity contribution >= 4 is 11.9 Å². The standard InChI is InChI=1S/C14H25N5O/c1-4-14(8-6-7-9-14)10-16-12-17-11(15-3)18-13(19-12)20-5-2/h4-10H2,1-3H3,(H2,15,16,17,18,19). The SMILES string of the molecule is CCOc1nc(NC)nc(NCC2(CC)CCCC2)n1. The molecule has 2 rings (SSSR count). The van der Waals surface area contributed by atoms with Crippen molar-refractivity contribution < 1.29 is 4.74 Å². The summed E-state index contributed by atoms with van der Waals surface area (Å²) < 4.78 is 5.37. The Morgan fingerprint density at radius 1 is 1.10 bits per heavy atom. The molecular formula is C14H25N5O. The molecule has 112 valence electrons. The van der Waals surface area contributed by atoms with Crippen LogP contribution in [0.2, 0.25) is 0 Å². The zero-order chi connectivity index (χ0) is 14.4. The van der Waals surface area contributed by atoms with Crippen molar-refractivity contribution in [3.63, 3.8) is 0 Å². The highest BCUT2D eigenvalue weighted by molar-refractivity contribution is 5.35. The van der Waals surface area contributed by atoms with Gasteiger partial charge in [-0.25, -0.2) is 0 Å². The van der Waals surface area contributed by atoms with Gasteiger partial charge in [0.25, 0.3) is 0 Å². The molecular weight excluding hydrogens is 254 g/mol. The minimum atomic E-state index is 0.367. The van der Waals surface area contributed by atoms with Crippen LogP contribution in [-0.4, -0.2) is 35.2 Å². The molecule has 1 aromatic heterocycles. The first-order valence-corrected chi connectivity index (χ1v) is 7.52. The van der Waals surface area contributed by atoms with Crippen molar-refractivity contribution in [1.29, 1.82) is 0 Å². The first kappa shape index (κ1) is 14.8. The lowest BCUT2D eigenvalue weighted by atomic mass is 9.83. The summed E-state index contributed by atoms with van der Waals surface area (Å²) in [4.78, 5) is 12.8. The van der Waals surface area contributed by atoms with Gasteiger partial charge in [-0.15, -0.1) is 0 Å². The van der Waals surface area contributed by atoms with Crippen molar-refractivity contribution in [2.75, 3.05) is 30.8 Å². The molecule has 20 heavy (non-hydrogen) atoms. The van der Waals surface area contributed by atoms with Gasteiger partial charge >= 0.3 is 6.01 Å². The van der Waals surface area contributed by atoms with Crippen LogP contribution in [0.25, 0.3) is 0 Å². The Balaban J connectivity index is 2.06. The number of hydrogen-bond acceptors (Lipinski definition) is 6. The lowest BCUT2D eigenvalue weighted by Crippen LogP contribution is -2.26. The van der Waals surface area contributed by atoms with Crippen LogP contribution in [0, 0.1) is 5.41 Å². The molecule has 0 amide bonds. The molecule has 0 radical (unpaired) electrons. The fourth-order valence-electron chi connectivity index (χ4n) is 2.79. The number of rotatable bonds is 7. The molecule has 1 aliphatic rings. The summed E-state index contributed by atoms with van der Waals surface area (Å²) in [6.07, 6.45) is 6.44. The van der Waals surface area contributed by atoms with Gasteiger partial charge < -0.3 is 15.4 Å². The molecule has 0 saturated heterocycles. The van der Waals surface area contributed by atoms with Crippen molar-refractivity contribution in [3.8, 4) is 6.01 Å². The molecule has 1 aliphatic carbocycles. The van der Waals surface area contributed by atoms with Gasteiger partial charge in [0.15, 0.2) is 0 Å². The number of ether oxygens (including phenoxy) is 1. The molecule has 1 fully saturated rings. The van der Waals surface area contributed by atoms with E-state index in [1.165, 1.54) is 32.1 Å². The second-order valence-electron chi connectivity index (χ2n) is 5.36. The maximum Gasteiger partial charge on any atom is 0.323 e. The second kappa shape index (κ2) is 6.72. The summed E-state index contributed by atoms with van der Waals surface area (Å²) in [6.45, 7) is 5.65. The largest absolute Gasteiger partial charge is 0.464 e. The summed E-state index contributed by atoms with van der Waals surface area (Å²) in [5.41, 5.74) is 0.401. The van der Waals surface area contributed by atoms with Crippen molar-refractivity contribution in [2.24, 2.45) is 5.41 Å². The Hall–Kier alpha value is -1.59. The quantitative estimate of drug-likeness (QED) is 0.799. The molecule has 0 unspecified atom stereocenters. The predicted molar refractivity (Wildman–Crippen MR) is 80.2 cm³/mol. The van der Waals surface area contributed by atoms with E-state index in [4.69, 9.17) is 4.74 Å². The highest BCUT2D eigenvalue weighted by Gasteiger charge is 2.31. The molecule has 2 N–H and O–H groups in total. The third kappa shape index (κ3) is 3.49. The summed E-state index contributed by atoms with van der Waals surface area (Å²) >= 11 is 0. The molecule has 1 saturated carbocycles. The Bertz CT molecular complexity index is 432. The average molecular weight is 279 g/mol. The van der Waals surface area contributed by atoms with Crippen LogP contribution >= 0.6 is 0 Å². The minimum absolute atomic E-state index is 0.367. The Kier molecular flexibility index (Phi) is 4.98. The Morgan fingerprint density at radius 3 is 2.40 bits per heavy atom. The number of anilines is 2. The molecule has 0 aliphatic heterocycles. The average Bonchev–Trinajstić information content (AvgIpc) is 2.95. The Labute approximate surface area is 120 Å². The van der Waals surface area contributed by atoms with Crippen molar-refractivity contribution in [3.05, 3.63) is 0 Å². The second-order valence-corrected chi connectivity index (χ2v) is 5.36. The zero-order valence-corrected chi connectivity index (χ0v) is 12.7. The number of nitrogens with one attached hydrogen (secondary N) is 2. The van der Waals surface area contributed by atoms with Crippen LogP contribution in [0.1, 0.15) is 46.0 Å². The topological polar surface area (TPSA) is 72.0 Å². The maximum absolute atomic E-state index is 5.37. The van der Waals surface area contributed by atoms with Crippen LogP contribution in [0.15, 0.2) is 0 Å². The Morgan fingerprint density at radius 2 is 1.80 bits per heavy atom. The van der Waals surface area contributed by atoms with E-state index in [1.54, 1.807) is 7.05 Å². The highest BCUT2D eigenvalue weighted by atomic mass is 16.5. The van der Waals surface area contributed by atoms with E-state index >= 15 is 0 Å². The first-order chi connectivity index (χ1) is 9.71. The summed E-state index contributed by atoms with van der Waals surface area (Å²) in [5, 5.41) is 6.31. The van der Waals surface area contributed by atoms with Crippen LogP contribution in [0.3, 0.4) is 0 Å². The molecule has 0 spiro atoms. The monoisotopic (exact) mass is 279 g/mol. The van der Waals surface area contributed by atoms with Crippen LogP contribution in [0.5, 0.6) is 6.01 Å². The van der Waals surface area contributed by atoms with Crippen molar-refractivity contribution in [2.45, 2.75) is 46.0 Å². The summed E-state index contributed by atoms with van der Waals surface area (Å²) in [6, 6.07) is 0.367. The normalized spacial score (nSPS) is 16.9. The van der Waals surface area contributed by atoms with Gasteiger partial charge in [0.05, 0.1) is 6.61 Å². The number of hydrogen-bond donors (Lipinski definition) is 2. The number of nitrogens with zero attached hydrogens (tertiary/aromatic N) is 3. The van der Waals surface area contributed by atoms with Gasteiger partial charge in [0.1, 0.15) is 0 Å². The van der Waals surface area contributed by atoms with E-state index in [1.807, 2.05) is 6.92 Å². The molecule has 1 aromatic rings. The van der Waals surface area contributed by atoms with Gasteiger partial charge in [0.2, 0.25) is 11.9 Å². The van der Waals surface area contributed by atoms with E-state index in [9.17, 15) is 0 Å². The van der Waals surface area contributed by atoms with Crippen LogP contribution in [0.4, 0.5) is 11.9 Å². The highest BCUT2D eigenvalue weighted by Crippen LogP contribution is 2.40. The summed E-state index contributed by atoms with van der Waals surface area (Å²) in [5.74, 6) is 1.12. The first-order valence-electron chi connectivity index (χ1n) is 7.52. The number of aromatic nitrogens is 3. The molecule has 0 atom stereocenters. The molecule has 0 bridgehead atoms. The predicted octanol–water partition coefficient (Wildman–Crippen LogP) is 2.69. The zero-order valence-electron chi connectivity index (χ0n) is 12.7. The molecule has 6 nitrogen and oxygen atoms in total. The summed E-state index contributed by atoms with van der Waals surface area (Å²) in [7, 11) is 1.79. The minimum Gasteiger partial charge on any atom is -0.464 e. The van der Waals surface area contributed by atoms with Gasteiger partial charge in [-0.1, -0.05) is 19.8 Å².